The molecular formula is C27H33N9O14P2. The topological polar surface area (TPSA) is 343 Å². The van der Waals surface area contributed by atoms with E-state index >= 15 is 0 Å². The number of phosphoric ester groups is 2. The standard InChI is InChI=1S/C27H33N9O14P2/c1-11-3-15-16(4-12(11)2)35(24-19(32-15)25(41)34-27(42)33-24)6-13(37)5-14(38)7-47-51(43,44)50-52(45,46)48-8-17-20(39)21(40)26(49-17)36-10-31-18-22(28)29-9-30-23(18)36/h3-4,9-10,13-14,17,20-21,26,37-40H,5-8H2,1-2H3,(H,43,44)(H,45,46)(H2,28,29,30)(H,34,41,42). The van der Waals surface area contributed by atoms with Crippen molar-refractivity contribution in [2.24, 2.45) is 0 Å². The molecule has 280 valence electrons. The first-order valence-electron chi connectivity index (χ1n) is 15.3. The highest BCUT2D eigenvalue weighted by Gasteiger charge is 2.46. The average Bonchev–Trinajstić information content (AvgIpc) is 3.61. The zero-order valence-electron chi connectivity index (χ0n) is 27.2. The maximum Gasteiger partial charge on any atom is 0.481 e. The summed E-state index contributed by atoms with van der Waals surface area (Å²) < 4.78 is 46.9. The van der Waals surface area contributed by atoms with Gasteiger partial charge in [-0.1, -0.05) is 0 Å². The molecule has 6 rings (SSSR count). The summed E-state index contributed by atoms with van der Waals surface area (Å²) >= 11 is 0. The van der Waals surface area contributed by atoms with Gasteiger partial charge in [0.1, 0.15) is 30.2 Å². The van der Waals surface area contributed by atoms with E-state index in [1.807, 2.05) is 18.8 Å². The smallest absolute Gasteiger partial charge is 0.391 e. The molecular weight excluding hydrogens is 736 g/mol. The minimum atomic E-state index is -5.40. The predicted octanol–water partition coefficient (Wildman–Crippen LogP) is -1.39. The molecule has 8 unspecified atom stereocenters. The summed E-state index contributed by atoms with van der Waals surface area (Å²) in [6, 6.07) is 3.43. The lowest BCUT2D eigenvalue weighted by molar-refractivity contribution is -0.0505. The van der Waals surface area contributed by atoms with Crippen LogP contribution in [0.15, 0.2) is 34.4 Å². The molecule has 0 aliphatic carbocycles. The summed E-state index contributed by atoms with van der Waals surface area (Å²) in [6.45, 7) is 1.45. The molecule has 52 heavy (non-hydrogen) atoms. The fourth-order valence-electron chi connectivity index (χ4n) is 5.58. The lowest BCUT2D eigenvalue weighted by Gasteiger charge is -2.22. The van der Waals surface area contributed by atoms with Crippen LogP contribution in [-0.4, -0.2) is 113 Å². The number of hydrogen-bond acceptors (Lipinski definition) is 18. The number of H-pyrrole nitrogens is 1. The number of anilines is 1. The van der Waals surface area contributed by atoms with Crippen LogP contribution < -0.4 is 17.0 Å². The number of aliphatic hydroxyl groups is 4. The van der Waals surface area contributed by atoms with E-state index in [9.17, 15) is 48.9 Å². The van der Waals surface area contributed by atoms with Gasteiger partial charge in [0.25, 0.3) is 5.56 Å². The number of ether oxygens (including phenoxy) is 1. The third-order valence-electron chi connectivity index (χ3n) is 8.20. The first-order chi connectivity index (χ1) is 24.4. The first-order valence-corrected chi connectivity index (χ1v) is 18.3. The SMILES string of the molecule is Cc1cc2nc3c(=O)[nH]c(=O)nc-3n(CC(O)CC(O)COP(=O)(O)OP(=O)(O)OCC3OC(n4cnc5c(N)ncnc54)C(O)C3O)c2cc1C. The van der Waals surface area contributed by atoms with Crippen LogP contribution in [0.3, 0.4) is 0 Å². The van der Waals surface area contributed by atoms with Crippen molar-refractivity contribution >= 4 is 43.7 Å². The Balaban J connectivity index is 1.05. The number of nitrogens with one attached hydrogen (secondary N) is 1. The minimum absolute atomic E-state index is 0.0437. The monoisotopic (exact) mass is 769 g/mol. The van der Waals surface area contributed by atoms with Crippen LogP contribution >= 0.6 is 15.6 Å². The number of aliphatic hydroxyl groups excluding tert-OH is 4. The molecule has 1 aromatic carbocycles. The van der Waals surface area contributed by atoms with Crippen molar-refractivity contribution in [2.75, 3.05) is 18.9 Å². The molecule has 2 aromatic heterocycles. The second kappa shape index (κ2) is 14.4. The molecule has 0 bridgehead atoms. The Kier molecular flexibility index (Phi) is 10.4. The van der Waals surface area contributed by atoms with E-state index in [2.05, 4.69) is 33.8 Å². The number of aromatic nitrogens is 8. The van der Waals surface area contributed by atoms with E-state index in [0.29, 0.717) is 11.0 Å². The summed E-state index contributed by atoms with van der Waals surface area (Å²) in [7, 11) is -10.8. The van der Waals surface area contributed by atoms with Crippen molar-refractivity contribution in [2.45, 2.75) is 63.6 Å². The molecule has 1 fully saturated rings. The van der Waals surface area contributed by atoms with Crippen molar-refractivity contribution in [3.63, 3.8) is 0 Å². The predicted molar refractivity (Wildman–Crippen MR) is 175 cm³/mol. The number of nitrogen functional groups attached to an aromatic ring is 1. The van der Waals surface area contributed by atoms with Crippen molar-refractivity contribution < 1.29 is 57.4 Å². The quantitative estimate of drug-likeness (QED) is 0.0504. The van der Waals surface area contributed by atoms with E-state index in [-0.39, 0.29) is 35.0 Å². The van der Waals surface area contributed by atoms with Gasteiger partial charge < -0.3 is 45.3 Å². The molecule has 8 atom stereocenters. The first kappa shape index (κ1) is 37.7. The normalized spacial score (nSPS) is 22.8. The van der Waals surface area contributed by atoms with E-state index in [1.165, 1.54) is 15.5 Å². The lowest BCUT2D eigenvalue weighted by Crippen LogP contribution is -2.33. The molecule has 0 radical (unpaired) electrons. The molecule has 9 N–H and O–H groups in total. The number of rotatable bonds is 13. The zero-order valence-corrected chi connectivity index (χ0v) is 28.9. The van der Waals surface area contributed by atoms with Gasteiger partial charge in [-0.05, 0) is 37.1 Å². The van der Waals surface area contributed by atoms with E-state index in [4.69, 9.17) is 15.0 Å². The van der Waals surface area contributed by atoms with Gasteiger partial charge in [0.15, 0.2) is 29.2 Å². The highest BCUT2D eigenvalue weighted by Crippen LogP contribution is 2.60. The van der Waals surface area contributed by atoms with Crippen molar-refractivity contribution in [3.8, 4) is 11.5 Å². The summed E-state index contributed by atoms with van der Waals surface area (Å²) in [5, 5.41) is 42.3. The number of nitrogens with two attached hydrogens (primary N) is 1. The van der Waals surface area contributed by atoms with Crippen LogP contribution in [0.4, 0.5) is 5.82 Å². The number of aromatic amines is 1. The Morgan fingerprint density at radius 2 is 1.71 bits per heavy atom. The zero-order chi connectivity index (χ0) is 37.7. The van der Waals surface area contributed by atoms with Crippen LogP contribution in [0.5, 0.6) is 0 Å². The molecule has 0 saturated carbocycles. The van der Waals surface area contributed by atoms with Crippen LogP contribution in [-0.2, 0) is 33.8 Å². The molecule has 3 aromatic rings. The maximum atomic E-state index is 12.5. The van der Waals surface area contributed by atoms with Gasteiger partial charge >= 0.3 is 21.3 Å². The second-order valence-corrected chi connectivity index (χ2v) is 15.0. The molecule has 3 aliphatic heterocycles. The molecule has 3 aliphatic rings. The van der Waals surface area contributed by atoms with Gasteiger partial charge in [0.05, 0.1) is 49.3 Å². The lowest BCUT2D eigenvalue weighted by atomic mass is 10.1. The fourth-order valence-corrected chi connectivity index (χ4v) is 7.70. The second-order valence-electron chi connectivity index (χ2n) is 12.0. The Hall–Kier alpha value is -4.09. The Morgan fingerprint density at radius 1 is 1.00 bits per heavy atom. The molecule has 1 saturated heterocycles. The summed E-state index contributed by atoms with van der Waals surface area (Å²) in [5.74, 6) is -0.0843. The summed E-state index contributed by atoms with van der Waals surface area (Å²) in [5.41, 5.74) is 6.67. The summed E-state index contributed by atoms with van der Waals surface area (Å²) in [6.07, 6.45) is -7.20. The molecule has 23 nitrogen and oxygen atoms in total. The van der Waals surface area contributed by atoms with Gasteiger partial charge in [-0.2, -0.15) is 9.29 Å². The van der Waals surface area contributed by atoms with Crippen LogP contribution in [0.2, 0.25) is 0 Å². The molecule has 0 spiro atoms. The fraction of sp³-hybridized carbons (Fsp3) is 0.444. The van der Waals surface area contributed by atoms with E-state index < -0.39 is 83.3 Å². The highest BCUT2D eigenvalue weighted by molar-refractivity contribution is 7.61. The van der Waals surface area contributed by atoms with Gasteiger partial charge in [-0.25, -0.2) is 33.9 Å². The molecule has 5 heterocycles. The van der Waals surface area contributed by atoms with Crippen LogP contribution in [0, 0.1) is 13.8 Å². The van der Waals surface area contributed by atoms with Crippen molar-refractivity contribution in [1.29, 1.82) is 0 Å². The van der Waals surface area contributed by atoms with Crippen molar-refractivity contribution in [1.82, 2.24) is 39.0 Å². The third kappa shape index (κ3) is 7.81. The number of benzene rings is 1. The van der Waals surface area contributed by atoms with Gasteiger partial charge in [0, 0.05) is 6.42 Å². The van der Waals surface area contributed by atoms with Crippen molar-refractivity contribution in [3.05, 3.63) is 56.8 Å². The Morgan fingerprint density at radius 3 is 2.46 bits per heavy atom. The minimum Gasteiger partial charge on any atom is -0.391 e. The highest BCUT2D eigenvalue weighted by atomic mass is 31.3. The maximum absolute atomic E-state index is 12.5. The molecule has 0 amide bonds. The Bertz CT molecular complexity index is 2320. The van der Waals surface area contributed by atoms with E-state index in [1.54, 1.807) is 12.1 Å². The average molecular weight is 770 g/mol. The number of nitrogens with zero attached hydrogens (tertiary/aromatic N) is 7. The number of imidazole rings is 1. The number of hydrogen-bond donors (Lipinski definition) is 8. The number of aryl methyl sites for hydroxylation is 2. The third-order valence-corrected chi connectivity index (χ3v) is 10.8. The van der Waals surface area contributed by atoms with Gasteiger partial charge in [0.2, 0.25) is 0 Å². The number of fused-ring (bicyclic) bond motifs is 3. The Labute approximate surface area is 290 Å². The van der Waals surface area contributed by atoms with Gasteiger partial charge in [-0.15, -0.1) is 0 Å². The number of phosphoric acid groups is 2. The van der Waals surface area contributed by atoms with Gasteiger partial charge in [-0.3, -0.25) is 23.4 Å². The van der Waals surface area contributed by atoms with Crippen LogP contribution in [0.1, 0.15) is 23.8 Å². The summed E-state index contributed by atoms with van der Waals surface area (Å²) in [4.78, 5) is 66.8. The van der Waals surface area contributed by atoms with Crippen LogP contribution in [0.25, 0.3) is 33.7 Å². The van der Waals surface area contributed by atoms with E-state index in [0.717, 1.165) is 17.5 Å². The molecule has 25 heteroatoms. The largest absolute Gasteiger partial charge is 0.481 e.